The maximum absolute atomic E-state index is 12.1. The molecule has 1 N–H and O–H groups in total. The van der Waals surface area contributed by atoms with Crippen molar-refractivity contribution in [3.63, 3.8) is 0 Å². The minimum atomic E-state index is -0.667. The SMILES string of the molecule is CC1CN(C(=O)OC(C)(C)C)CCC1C1(C(=O)O)CC1. The van der Waals surface area contributed by atoms with E-state index in [1.54, 1.807) is 4.90 Å². The number of ether oxygens (including phenoxy) is 1. The first-order chi connectivity index (χ1) is 9.16. The number of carbonyl (C=O) groups excluding carboxylic acids is 1. The van der Waals surface area contributed by atoms with Crippen molar-refractivity contribution < 1.29 is 19.4 Å². The zero-order valence-electron chi connectivity index (χ0n) is 12.8. The number of hydrogen-bond donors (Lipinski definition) is 1. The Balaban J connectivity index is 1.96. The molecule has 1 aliphatic heterocycles. The largest absolute Gasteiger partial charge is 0.481 e. The van der Waals surface area contributed by atoms with Crippen LogP contribution in [-0.2, 0) is 9.53 Å². The molecule has 5 heteroatoms. The van der Waals surface area contributed by atoms with Crippen molar-refractivity contribution in [3.05, 3.63) is 0 Å². The lowest BCUT2D eigenvalue weighted by Crippen LogP contribution is -2.48. The summed E-state index contributed by atoms with van der Waals surface area (Å²) in [6, 6.07) is 0. The van der Waals surface area contributed by atoms with E-state index in [1.807, 2.05) is 27.7 Å². The van der Waals surface area contributed by atoms with Gasteiger partial charge in [0.1, 0.15) is 5.60 Å². The number of nitrogens with zero attached hydrogens (tertiary/aromatic N) is 1. The van der Waals surface area contributed by atoms with Crippen LogP contribution in [0.4, 0.5) is 4.79 Å². The smallest absolute Gasteiger partial charge is 0.410 e. The summed E-state index contributed by atoms with van der Waals surface area (Å²) in [5, 5.41) is 9.40. The van der Waals surface area contributed by atoms with Crippen molar-refractivity contribution in [1.29, 1.82) is 0 Å². The molecule has 2 atom stereocenters. The molecule has 0 bridgehead atoms. The van der Waals surface area contributed by atoms with E-state index in [-0.39, 0.29) is 17.9 Å². The van der Waals surface area contributed by atoms with Gasteiger partial charge in [-0.1, -0.05) is 6.92 Å². The molecule has 0 aromatic heterocycles. The van der Waals surface area contributed by atoms with Crippen molar-refractivity contribution in [2.45, 2.75) is 52.6 Å². The average molecular weight is 283 g/mol. The first-order valence-electron chi connectivity index (χ1n) is 7.37. The Morgan fingerprint density at radius 2 is 1.90 bits per heavy atom. The number of likely N-dealkylation sites (tertiary alicyclic amines) is 1. The van der Waals surface area contributed by atoms with Crippen molar-refractivity contribution in [2.24, 2.45) is 17.3 Å². The molecule has 1 aliphatic carbocycles. The minimum absolute atomic E-state index is 0.179. The number of carboxylic acids is 1. The Labute approximate surface area is 120 Å². The third kappa shape index (κ3) is 2.91. The van der Waals surface area contributed by atoms with Gasteiger partial charge in [-0.2, -0.15) is 0 Å². The van der Waals surface area contributed by atoms with E-state index in [0.717, 1.165) is 19.3 Å². The summed E-state index contributed by atoms with van der Waals surface area (Å²) in [6.07, 6.45) is 2.03. The van der Waals surface area contributed by atoms with Gasteiger partial charge in [0.25, 0.3) is 0 Å². The zero-order valence-corrected chi connectivity index (χ0v) is 12.8. The van der Waals surface area contributed by atoms with Crippen LogP contribution < -0.4 is 0 Å². The zero-order chi connectivity index (χ0) is 15.1. The molecule has 0 radical (unpaired) electrons. The molecule has 0 aromatic carbocycles. The number of carboxylic acid groups (broad SMARTS) is 1. The molecule has 0 aromatic rings. The maximum atomic E-state index is 12.1. The molecule has 2 fully saturated rings. The third-order valence-electron chi connectivity index (χ3n) is 4.48. The summed E-state index contributed by atoms with van der Waals surface area (Å²) in [5.41, 5.74) is -1.00. The van der Waals surface area contributed by atoms with Crippen LogP contribution in [-0.4, -0.2) is 40.8 Å². The van der Waals surface area contributed by atoms with Crippen LogP contribution in [0.15, 0.2) is 0 Å². The minimum Gasteiger partial charge on any atom is -0.481 e. The van der Waals surface area contributed by atoms with Gasteiger partial charge in [-0.25, -0.2) is 4.79 Å². The number of hydrogen-bond acceptors (Lipinski definition) is 3. The second kappa shape index (κ2) is 4.93. The first-order valence-corrected chi connectivity index (χ1v) is 7.37. The van der Waals surface area contributed by atoms with Crippen LogP contribution >= 0.6 is 0 Å². The number of carbonyl (C=O) groups is 2. The predicted octanol–water partition coefficient (Wildman–Crippen LogP) is 2.74. The van der Waals surface area contributed by atoms with E-state index >= 15 is 0 Å². The van der Waals surface area contributed by atoms with Crippen LogP contribution in [0.3, 0.4) is 0 Å². The molecule has 20 heavy (non-hydrogen) atoms. The molecule has 5 nitrogen and oxygen atoms in total. The van der Waals surface area contributed by atoms with Crippen molar-refractivity contribution in [2.75, 3.05) is 13.1 Å². The Hall–Kier alpha value is -1.26. The van der Waals surface area contributed by atoms with E-state index in [9.17, 15) is 14.7 Å². The molecule has 1 heterocycles. The van der Waals surface area contributed by atoms with E-state index in [1.165, 1.54) is 0 Å². The first kappa shape index (κ1) is 15.1. The van der Waals surface area contributed by atoms with Crippen molar-refractivity contribution in [3.8, 4) is 0 Å². The number of aliphatic carboxylic acids is 1. The summed E-state index contributed by atoms with van der Waals surface area (Å²) < 4.78 is 5.38. The fourth-order valence-corrected chi connectivity index (χ4v) is 3.34. The molecule has 0 spiro atoms. The van der Waals surface area contributed by atoms with Crippen molar-refractivity contribution in [1.82, 2.24) is 4.90 Å². The lowest BCUT2D eigenvalue weighted by molar-refractivity contribution is -0.147. The van der Waals surface area contributed by atoms with Gasteiger partial charge in [0.05, 0.1) is 5.41 Å². The topological polar surface area (TPSA) is 66.8 Å². The summed E-state index contributed by atoms with van der Waals surface area (Å²) in [5.74, 6) is -0.284. The maximum Gasteiger partial charge on any atom is 0.410 e. The summed E-state index contributed by atoms with van der Waals surface area (Å²) >= 11 is 0. The second-order valence-electron chi connectivity index (χ2n) is 7.26. The normalized spacial score (nSPS) is 28.9. The van der Waals surface area contributed by atoms with Gasteiger partial charge in [-0.3, -0.25) is 4.79 Å². The number of piperidine rings is 1. The quantitative estimate of drug-likeness (QED) is 0.846. The van der Waals surface area contributed by atoms with Gasteiger partial charge >= 0.3 is 12.1 Å². The predicted molar refractivity (Wildman–Crippen MR) is 74.4 cm³/mol. The van der Waals surface area contributed by atoms with Crippen molar-refractivity contribution >= 4 is 12.1 Å². The van der Waals surface area contributed by atoms with Gasteiger partial charge in [-0.05, 0) is 51.9 Å². The second-order valence-corrected chi connectivity index (χ2v) is 7.26. The molecular formula is C15H25NO4. The Morgan fingerprint density at radius 3 is 2.30 bits per heavy atom. The molecule has 2 unspecified atom stereocenters. The monoisotopic (exact) mass is 283 g/mol. The molecule has 1 saturated heterocycles. The standard InChI is InChI=1S/C15H25NO4/c1-10-9-16(13(19)20-14(2,3)4)8-5-11(10)15(6-7-15)12(17)18/h10-11H,5-9H2,1-4H3,(H,17,18). The highest BCUT2D eigenvalue weighted by Crippen LogP contribution is 2.56. The van der Waals surface area contributed by atoms with E-state index < -0.39 is 17.0 Å². The summed E-state index contributed by atoms with van der Waals surface area (Å²) in [7, 11) is 0. The third-order valence-corrected chi connectivity index (χ3v) is 4.48. The van der Waals surface area contributed by atoms with Gasteiger partial charge in [-0.15, -0.1) is 0 Å². The molecular weight excluding hydrogens is 258 g/mol. The average Bonchev–Trinajstić information content (AvgIpc) is 3.07. The summed E-state index contributed by atoms with van der Waals surface area (Å²) in [4.78, 5) is 25.2. The number of amides is 1. The highest BCUT2D eigenvalue weighted by atomic mass is 16.6. The van der Waals surface area contributed by atoms with Crippen LogP contribution in [0.5, 0.6) is 0 Å². The summed E-state index contributed by atoms with van der Waals surface area (Å²) in [6.45, 7) is 8.79. The fourth-order valence-electron chi connectivity index (χ4n) is 3.34. The van der Waals surface area contributed by atoms with Crippen LogP contribution in [0.2, 0.25) is 0 Å². The Morgan fingerprint density at radius 1 is 1.30 bits per heavy atom. The molecule has 2 rings (SSSR count). The number of rotatable bonds is 2. The van der Waals surface area contributed by atoms with Crippen LogP contribution in [0, 0.1) is 17.3 Å². The van der Waals surface area contributed by atoms with Gasteiger partial charge in [0.15, 0.2) is 0 Å². The Kier molecular flexibility index (Phi) is 3.73. The lowest BCUT2D eigenvalue weighted by Gasteiger charge is -2.40. The highest BCUT2D eigenvalue weighted by Gasteiger charge is 2.58. The molecule has 114 valence electrons. The van der Waals surface area contributed by atoms with Gasteiger partial charge in [0, 0.05) is 13.1 Å². The molecule has 1 saturated carbocycles. The van der Waals surface area contributed by atoms with Crippen LogP contribution in [0.25, 0.3) is 0 Å². The van der Waals surface area contributed by atoms with Gasteiger partial charge < -0.3 is 14.7 Å². The van der Waals surface area contributed by atoms with E-state index in [2.05, 4.69) is 0 Å². The Bertz CT molecular complexity index is 409. The van der Waals surface area contributed by atoms with Crippen LogP contribution in [0.1, 0.15) is 47.0 Å². The fraction of sp³-hybridized carbons (Fsp3) is 0.867. The highest BCUT2D eigenvalue weighted by molar-refractivity contribution is 5.78. The van der Waals surface area contributed by atoms with E-state index in [4.69, 9.17) is 4.74 Å². The lowest BCUT2D eigenvalue weighted by atomic mass is 9.75. The van der Waals surface area contributed by atoms with Gasteiger partial charge in [0.2, 0.25) is 0 Å². The van der Waals surface area contributed by atoms with E-state index in [0.29, 0.717) is 13.1 Å². The molecule has 2 aliphatic rings. The molecule has 1 amide bonds.